The molecule has 3 rings (SSSR count). The van der Waals surface area contributed by atoms with E-state index in [-0.39, 0.29) is 17.7 Å². The Morgan fingerprint density at radius 1 is 1.17 bits per heavy atom. The molecule has 5 nitrogen and oxygen atoms in total. The average molecular weight is 348 g/mol. The second-order valence-corrected chi connectivity index (χ2v) is 5.87. The summed E-state index contributed by atoms with van der Waals surface area (Å²) in [6.45, 7) is 1.66. The third-order valence-corrected chi connectivity index (χ3v) is 4.06. The molecule has 124 valence electrons. The van der Waals surface area contributed by atoms with E-state index < -0.39 is 5.54 Å². The Balaban J connectivity index is 1.92. The molecule has 2 aromatic carbocycles. The number of amides is 1. The molecule has 0 spiro atoms. The molecule has 1 heterocycles. The molecule has 24 heavy (non-hydrogen) atoms. The molecule has 1 aliphatic heterocycles. The van der Waals surface area contributed by atoms with E-state index in [0.717, 1.165) is 0 Å². The predicted octanol–water partition coefficient (Wildman–Crippen LogP) is 3.57. The number of nitrogens with zero attached hydrogens (tertiary/aromatic N) is 2. The third-order valence-electron chi connectivity index (χ3n) is 3.80. The van der Waals surface area contributed by atoms with Gasteiger partial charge in [-0.2, -0.15) is 5.01 Å². The fourth-order valence-corrected chi connectivity index (χ4v) is 2.57. The highest BCUT2D eigenvalue weighted by Crippen LogP contribution is 2.33. The van der Waals surface area contributed by atoms with Crippen LogP contribution < -0.4 is 5.43 Å². The van der Waals surface area contributed by atoms with Crippen LogP contribution in [0.4, 0.5) is 10.1 Å². The van der Waals surface area contributed by atoms with Gasteiger partial charge in [0.1, 0.15) is 5.82 Å². The molecule has 1 unspecified atom stereocenters. The van der Waals surface area contributed by atoms with E-state index in [4.69, 9.17) is 16.3 Å². The highest BCUT2D eigenvalue weighted by atomic mass is 35.5. The minimum atomic E-state index is -1.20. The first-order valence-corrected chi connectivity index (χ1v) is 7.58. The Morgan fingerprint density at radius 3 is 2.38 bits per heavy atom. The van der Waals surface area contributed by atoms with Gasteiger partial charge in [0.05, 0.1) is 12.8 Å². The number of ether oxygens (including phenoxy) is 1. The number of rotatable bonds is 3. The van der Waals surface area contributed by atoms with Gasteiger partial charge in [-0.25, -0.2) is 9.38 Å². The van der Waals surface area contributed by atoms with E-state index in [0.29, 0.717) is 16.3 Å². The van der Waals surface area contributed by atoms with Crippen LogP contribution >= 0.6 is 11.6 Å². The van der Waals surface area contributed by atoms with Crippen molar-refractivity contribution >= 4 is 29.2 Å². The van der Waals surface area contributed by atoms with Crippen LogP contribution in [0.2, 0.25) is 5.02 Å². The first kappa shape index (κ1) is 16.3. The van der Waals surface area contributed by atoms with Gasteiger partial charge in [-0.15, -0.1) is 0 Å². The lowest BCUT2D eigenvalue weighted by Crippen LogP contribution is -2.43. The number of methoxy groups -OCH3 is 1. The fourth-order valence-electron chi connectivity index (χ4n) is 2.45. The van der Waals surface area contributed by atoms with Gasteiger partial charge in [0.15, 0.2) is 5.54 Å². The standard InChI is InChI=1S/C17H15ClFN3O2/c1-17(11-3-7-13(19)8-4-11)15(23)22(16(20-17)24-2)21-14-9-5-12(18)6-10-14/h3-10,21H,1-2H3. The van der Waals surface area contributed by atoms with Gasteiger partial charge in [0.25, 0.3) is 5.91 Å². The summed E-state index contributed by atoms with van der Waals surface area (Å²) < 4.78 is 18.4. The molecule has 1 aliphatic rings. The Morgan fingerprint density at radius 2 is 1.79 bits per heavy atom. The topological polar surface area (TPSA) is 53.9 Å². The first-order chi connectivity index (χ1) is 11.4. The zero-order valence-electron chi connectivity index (χ0n) is 13.1. The number of halogens is 2. The van der Waals surface area contributed by atoms with Gasteiger partial charge in [-0.3, -0.25) is 10.2 Å². The van der Waals surface area contributed by atoms with Crippen molar-refractivity contribution < 1.29 is 13.9 Å². The summed E-state index contributed by atoms with van der Waals surface area (Å²) in [5, 5.41) is 1.82. The predicted molar refractivity (Wildman–Crippen MR) is 90.1 cm³/mol. The molecule has 0 radical (unpaired) electrons. The number of nitrogens with one attached hydrogen (secondary N) is 1. The molecular formula is C17H15ClFN3O2. The van der Waals surface area contributed by atoms with Gasteiger partial charge in [-0.05, 0) is 48.9 Å². The minimum absolute atomic E-state index is 0.127. The maximum atomic E-state index is 13.2. The van der Waals surface area contributed by atoms with E-state index in [2.05, 4.69) is 10.4 Å². The molecule has 0 bridgehead atoms. The molecule has 1 N–H and O–H groups in total. The molecule has 0 saturated carbocycles. The van der Waals surface area contributed by atoms with Crippen LogP contribution in [0.1, 0.15) is 12.5 Å². The molecule has 1 amide bonds. The highest BCUT2D eigenvalue weighted by Gasteiger charge is 2.47. The summed E-state index contributed by atoms with van der Waals surface area (Å²) in [4.78, 5) is 17.3. The second-order valence-electron chi connectivity index (χ2n) is 5.44. The number of hydrogen-bond donors (Lipinski definition) is 1. The maximum Gasteiger partial charge on any atom is 0.315 e. The van der Waals surface area contributed by atoms with E-state index >= 15 is 0 Å². The van der Waals surface area contributed by atoms with E-state index in [1.54, 1.807) is 31.2 Å². The van der Waals surface area contributed by atoms with Crippen molar-refractivity contribution in [3.63, 3.8) is 0 Å². The van der Waals surface area contributed by atoms with E-state index in [1.165, 1.54) is 36.4 Å². The van der Waals surface area contributed by atoms with Crippen LogP contribution in [0.15, 0.2) is 53.5 Å². The summed E-state index contributed by atoms with van der Waals surface area (Å²) in [6.07, 6.45) is 0. The van der Waals surface area contributed by atoms with Crippen molar-refractivity contribution in [1.29, 1.82) is 0 Å². The summed E-state index contributed by atoms with van der Waals surface area (Å²) >= 11 is 5.86. The average Bonchev–Trinajstić information content (AvgIpc) is 2.83. The van der Waals surface area contributed by atoms with Crippen LogP contribution in [-0.2, 0) is 15.1 Å². The molecule has 1 atom stereocenters. The third kappa shape index (κ3) is 2.80. The molecule has 0 fully saturated rings. The monoisotopic (exact) mass is 347 g/mol. The Labute approximate surface area is 143 Å². The maximum absolute atomic E-state index is 13.2. The number of benzene rings is 2. The lowest BCUT2D eigenvalue weighted by atomic mass is 9.92. The number of carbonyl (C=O) groups excluding carboxylic acids is 1. The number of amidine groups is 1. The molecular weight excluding hydrogens is 333 g/mol. The zero-order valence-corrected chi connectivity index (χ0v) is 13.8. The number of hydrazine groups is 1. The van der Waals surface area contributed by atoms with Crippen molar-refractivity contribution in [3.8, 4) is 0 Å². The van der Waals surface area contributed by atoms with Crippen LogP contribution in [0.3, 0.4) is 0 Å². The van der Waals surface area contributed by atoms with Crippen LogP contribution in [-0.4, -0.2) is 24.0 Å². The summed E-state index contributed by atoms with van der Waals surface area (Å²) in [6, 6.07) is 12.7. The SMILES string of the molecule is COC1=NC(C)(c2ccc(F)cc2)C(=O)N1Nc1ccc(Cl)cc1. The quantitative estimate of drug-likeness (QED) is 0.923. The number of carbonyl (C=O) groups is 1. The molecule has 0 saturated heterocycles. The van der Waals surface area contributed by atoms with Gasteiger partial charge in [0.2, 0.25) is 0 Å². The Kier molecular flexibility index (Phi) is 4.15. The normalized spacial score (nSPS) is 20.1. The zero-order chi connectivity index (χ0) is 17.3. The lowest BCUT2D eigenvalue weighted by molar-refractivity contribution is -0.130. The number of aliphatic imine (C=N–C) groups is 1. The lowest BCUT2D eigenvalue weighted by Gasteiger charge is -2.23. The Bertz CT molecular complexity index is 792. The summed E-state index contributed by atoms with van der Waals surface area (Å²) in [5.74, 6) is -0.708. The van der Waals surface area contributed by atoms with Crippen LogP contribution in [0, 0.1) is 5.82 Å². The van der Waals surface area contributed by atoms with Crippen molar-refractivity contribution in [2.45, 2.75) is 12.5 Å². The van der Waals surface area contributed by atoms with Gasteiger partial charge < -0.3 is 4.74 Å². The van der Waals surface area contributed by atoms with Crippen molar-refractivity contribution in [3.05, 3.63) is 64.9 Å². The van der Waals surface area contributed by atoms with Crippen molar-refractivity contribution in [2.24, 2.45) is 4.99 Å². The molecule has 0 aliphatic carbocycles. The van der Waals surface area contributed by atoms with E-state index in [9.17, 15) is 9.18 Å². The van der Waals surface area contributed by atoms with Crippen molar-refractivity contribution in [2.75, 3.05) is 12.5 Å². The second kappa shape index (κ2) is 6.13. The van der Waals surface area contributed by atoms with Gasteiger partial charge in [0, 0.05) is 5.02 Å². The largest absolute Gasteiger partial charge is 0.467 e. The van der Waals surface area contributed by atoms with Crippen molar-refractivity contribution in [1.82, 2.24) is 5.01 Å². The van der Waals surface area contributed by atoms with Crippen LogP contribution in [0.25, 0.3) is 0 Å². The molecule has 7 heteroatoms. The minimum Gasteiger partial charge on any atom is -0.467 e. The Hall–Kier alpha value is -2.60. The molecule has 2 aromatic rings. The summed E-state index contributed by atoms with van der Waals surface area (Å²) in [5.41, 5.74) is 2.98. The highest BCUT2D eigenvalue weighted by molar-refractivity contribution is 6.30. The first-order valence-electron chi connectivity index (χ1n) is 7.21. The van der Waals surface area contributed by atoms with E-state index in [1.807, 2.05) is 0 Å². The molecule has 0 aromatic heterocycles. The number of hydrogen-bond acceptors (Lipinski definition) is 4. The van der Waals surface area contributed by atoms with Gasteiger partial charge >= 0.3 is 6.02 Å². The smallest absolute Gasteiger partial charge is 0.315 e. The van der Waals surface area contributed by atoms with Crippen LogP contribution in [0.5, 0.6) is 0 Å². The number of anilines is 1. The fraction of sp³-hybridized carbons (Fsp3) is 0.176. The van der Waals surface area contributed by atoms with Gasteiger partial charge in [-0.1, -0.05) is 23.7 Å². The summed E-state index contributed by atoms with van der Waals surface area (Å²) in [7, 11) is 1.43.